The zero-order valence-electron chi connectivity index (χ0n) is 12.3. The molecule has 1 aromatic rings. The van der Waals surface area contributed by atoms with Crippen molar-refractivity contribution in [1.29, 1.82) is 0 Å². The van der Waals surface area contributed by atoms with Gasteiger partial charge < -0.3 is 10.2 Å². The molecule has 0 radical (unpaired) electrons. The van der Waals surface area contributed by atoms with Gasteiger partial charge in [0, 0.05) is 30.5 Å². The van der Waals surface area contributed by atoms with Crippen LogP contribution in [0.1, 0.15) is 44.6 Å². The highest BCUT2D eigenvalue weighted by atomic mass is 15.1. The van der Waals surface area contributed by atoms with Crippen LogP contribution >= 0.6 is 0 Å². The van der Waals surface area contributed by atoms with Crippen molar-refractivity contribution in [3.8, 4) is 0 Å². The number of hydrogen-bond donors (Lipinski definition) is 1. The van der Waals surface area contributed by atoms with Gasteiger partial charge in [-0.25, -0.2) is 0 Å². The van der Waals surface area contributed by atoms with Gasteiger partial charge in [-0.2, -0.15) is 0 Å². The first-order valence-electron chi connectivity index (χ1n) is 7.90. The molecule has 0 amide bonds. The van der Waals surface area contributed by atoms with Crippen LogP contribution in [0.25, 0.3) is 0 Å². The summed E-state index contributed by atoms with van der Waals surface area (Å²) in [5.74, 6) is 0.919. The highest BCUT2D eigenvalue weighted by Gasteiger charge is 2.30. The van der Waals surface area contributed by atoms with E-state index in [0.717, 1.165) is 5.92 Å². The van der Waals surface area contributed by atoms with Crippen LogP contribution in [0.4, 0.5) is 11.4 Å². The van der Waals surface area contributed by atoms with Crippen LogP contribution in [-0.4, -0.2) is 19.1 Å². The van der Waals surface area contributed by atoms with Crippen molar-refractivity contribution in [3.63, 3.8) is 0 Å². The van der Waals surface area contributed by atoms with Gasteiger partial charge in [0.25, 0.3) is 0 Å². The van der Waals surface area contributed by atoms with Gasteiger partial charge in [-0.1, -0.05) is 6.92 Å². The third-order valence-corrected chi connectivity index (χ3v) is 4.65. The van der Waals surface area contributed by atoms with E-state index in [4.69, 9.17) is 0 Å². The lowest BCUT2D eigenvalue weighted by Gasteiger charge is -2.22. The number of anilines is 2. The van der Waals surface area contributed by atoms with E-state index in [1.807, 2.05) is 0 Å². The Kier molecular flexibility index (Phi) is 3.67. The molecule has 2 nitrogen and oxygen atoms in total. The lowest BCUT2D eigenvalue weighted by Crippen LogP contribution is -2.22. The zero-order valence-corrected chi connectivity index (χ0v) is 12.3. The van der Waals surface area contributed by atoms with E-state index in [2.05, 4.69) is 42.3 Å². The molecular weight excluding hydrogens is 232 g/mol. The topological polar surface area (TPSA) is 15.3 Å². The van der Waals surface area contributed by atoms with Crippen LogP contribution in [0.15, 0.2) is 18.2 Å². The summed E-state index contributed by atoms with van der Waals surface area (Å²) >= 11 is 0. The molecule has 1 aliphatic heterocycles. The lowest BCUT2D eigenvalue weighted by atomic mass is 10.1. The van der Waals surface area contributed by atoms with E-state index < -0.39 is 0 Å². The maximum absolute atomic E-state index is 3.76. The molecule has 1 N–H and O–H groups in total. The summed E-state index contributed by atoms with van der Waals surface area (Å²) in [7, 11) is 0. The quantitative estimate of drug-likeness (QED) is 0.851. The normalized spacial score (nSPS) is 20.6. The highest BCUT2D eigenvalue weighted by Crippen LogP contribution is 2.36. The monoisotopic (exact) mass is 258 g/mol. The van der Waals surface area contributed by atoms with Gasteiger partial charge in [-0.15, -0.1) is 0 Å². The molecule has 1 heterocycles. The predicted octanol–water partition coefficient (Wildman–Crippen LogP) is 4.20. The first kappa shape index (κ1) is 12.8. The number of hydrogen-bond acceptors (Lipinski definition) is 2. The fraction of sp³-hybridized carbons (Fsp3) is 0.647. The summed E-state index contributed by atoms with van der Waals surface area (Å²) in [6, 6.07) is 7.61. The van der Waals surface area contributed by atoms with Crippen LogP contribution < -0.4 is 10.2 Å². The Morgan fingerprint density at radius 2 is 2.00 bits per heavy atom. The van der Waals surface area contributed by atoms with Crippen LogP contribution in [0.5, 0.6) is 0 Å². The van der Waals surface area contributed by atoms with Crippen molar-refractivity contribution in [1.82, 2.24) is 0 Å². The smallest absolute Gasteiger partial charge is 0.0373 e. The number of rotatable bonds is 5. The van der Waals surface area contributed by atoms with E-state index in [-0.39, 0.29) is 0 Å². The second-order valence-corrected chi connectivity index (χ2v) is 6.19. The molecule has 1 saturated carbocycles. The third kappa shape index (κ3) is 2.88. The highest BCUT2D eigenvalue weighted by molar-refractivity contribution is 5.61. The Hall–Kier alpha value is -1.18. The molecule has 2 fully saturated rings. The van der Waals surface area contributed by atoms with Crippen LogP contribution in [-0.2, 0) is 0 Å². The first-order valence-corrected chi connectivity index (χ1v) is 7.90. The molecule has 1 unspecified atom stereocenters. The van der Waals surface area contributed by atoms with Gasteiger partial charge in [0.2, 0.25) is 0 Å². The molecule has 1 saturated heterocycles. The standard InChI is InChI=1S/C17H26N2/c1-3-16(14-6-7-14)18-17-9-8-15(12-13(17)2)19-10-4-5-11-19/h8-9,12,14,16,18H,3-7,10-11H2,1-2H3. The molecule has 104 valence electrons. The molecule has 1 aromatic carbocycles. The molecular formula is C17H26N2. The number of nitrogens with one attached hydrogen (secondary N) is 1. The van der Waals surface area contributed by atoms with Gasteiger partial charge in [-0.3, -0.25) is 0 Å². The summed E-state index contributed by atoms with van der Waals surface area (Å²) in [4.78, 5) is 2.51. The van der Waals surface area contributed by atoms with Gasteiger partial charge in [0.1, 0.15) is 0 Å². The molecule has 2 heteroatoms. The Morgan fingerprint density at radius 1 is 1.26 bits per heavy atom. The third-order valence-electron chi connectivity index (χ3n) is 4.65. The van der Waals surface area contributed by atoms with Crippen LogP contribution in [0.3, 0.4) is 0 Å². The molecule has 1 atom stereocenters. The summed E-state index contributed by atoms with van der Waals surface area (Å²) in [6.07, 6.45) is 6.75. The minimum absolute atomic E-state index is 0.677. The summed E-state index contributed by atoms with van der Waals surface area (Å²) in [6.45, 7) is 6.99. The fourth-order valence-electron chi connectivity index (χ4n) is 3.23. The van der Waals surface area contributed by atoms with Gasteiger partial charge >= 0.3 is 0 Å². The Labute approximate surface area is 117 Å². The Balaban J connectivity index is 1.71. The van der Waals surface area contributed by atoms with Crippen molar-refractivity contribution in [3.05, 3.63) is 23.8 Å². The summed E-state index contributed by atoms with van der Waals surface area (Å²) < 4.78 is 0. The molecule has 2 aliphatic rings. The second-order valence-electron chi connectivity index (χ2n) is 6.19. The summed E-state index contributed by atoms with van der Waals surface area (Å²) in [5.41, 5.74) is 4.13. The van der Waals surface area contributed by atoms with Crippen molar-refractivity contribution in [2.24, 2.45) is 5.92 Å². The van der Waals surface area contributed by atoms with E-state index in [9.17, 15) is 0 Å². The van der Waals surface area contributed by atoms with Crippen molar-refractivity contribution in [2.45, 2.75) is 52.0 Å². The van der Waals surface area contributed by atoms with Gasteiger partial charge in [0.15, 0.2) is 0 Å². The largest absolute Gasteiger partial charge is 0.382 e. The number of aryl methyl sites for hydroxylation is 1. The average Bonchev–Trinajstić information content (AvgIpc) is 3.11. The molecule has 0 spiro atoms. The zero-order chi connectivity index (χ0) is 13.2. The number of nitrogens with zero attached hydrogens (tertiary/aromatic N) is 1. The lowest BCUT2D eigenvalue weighted by molar-refractivity contribution is 0.616. The SMILES string of the molecule is CCC(Nc1ccc(N2CCCC2)cc1C)C1CC1. The molecule has 19 heavy (non-hydrogen) atoms. The average molecular weight is 258 g/mol. The van der Waals surface area contributed by atoms with E-state index in [1.54, 1.807) is 0 Å². The van der Waals surface area contributed by atoms with Crippen LogP contribution in [0, 0.1) is 12.8 Å². The molecule has 0 bridgehead atoms. The van der Waals surface area contributed by atoms with Crippen LogP contribution in [0.2, 0.25) is 0 Å². The Bertz CT molecular complexity index is 431. The maximum atomic E-state index is 3.76. The van der Waals surface area contributed by atoms with Gasteiger partial charge in [0.05, 0.1) is 0 Å². The molecule has 1 aliphatic carbocycles. The molecule has 3 rings (SSSR count). The Morgan fingerprint density at radius 3 is 2.58 bits per heavy atom. The van der Waals surface area contributed by atoms with Crippen molar-refractivity contribution >= 4 is 11.4 Å². The number of benzene rings is 1. The first-order chi connectivity index (χ1) is 9.28. The predicted molar refractivity (Wildman–Crippen MR) is 83.1 cm³/mol. The van der Waals surface area contributed by atoms with E-state index >= 15 is 0 Å². The van der Waals surface area contributed by atoms with Crippen molar-refractivity contribution < 1.29 is 0 Å². The van der Waals surface area contributed by atoms with Crippen molar-refractivity contribution in [2.75, 3.05) is 23.3 Å². The van der Waals surface area contributed by atoms with E-state index in [1.165, 1.54) is 62.1 Å². The fourth-order valence-corrected chi connectivity index (χ4v) is 3.23. The molecule has 0 aromatic heterocycles. The maximum Gasteiger partial charge on any atom is 0.0373 e. The summed E-state index contributed by atoms with van der Waals surface area (Å²) in [5, 5.41) is 3.76. The van der Waals surface area contributed by atoms with Gasteiger partial charge in [-0.05, 0) is 68.7 Å². The van der Waals surface area contributed by atoms with E-state index in [0.29, 0.717) is 6.04 Å². The minimum atomic E-state index is 0.677. The minimum Gasteiger partial charge on any atom is -0.382 e. The second kappa shape index (κ2) is 5.44.